The van der Waals surface area contributed by atoms with Gasteiger partial charge in [-0.05, 0) is 36.8 Å². The van der Waals surface area contributed by atoms with Crippen LogP contribution in [-0.4, -0.2) is 28.1 Å². The Labute approximate surface area is 151 Å². The molecule has 1 aliphatic heterocycles. The lowest BCUT2D eigenvalue weighted by atomic mass is 10.0. The highest BCUT2D eigenvalue weighted by Gasteiger charge is 2.45. The molecule has 2 amide bonds. The highest BCUT2D eigenvalue weighted by molar-refractivity contribution is 5.91. The van der Waals surface area contributed by atoms with E-state index in [9.17, 15) is 28.5 Å². The maximum atomic E-state index is 13.5. The minimum Gasteiger partial charge on any atom is -0.443 e. The number of hydrogen-bond donors (Lipinski definition) is 0. The van der Waals surface area contributed by atoms with Gasteiger partial charge in [0.1, 0.15) is 17.9 Å². The minimum absolute atomic E-state index is 0.0398. The molecule has 2 atom stereocenters. The topological polar surface area (TPSA) is 99.0 Å². The van der Waals surface area contributed by atoms with E-state index in [2.05, 4.69) is 0 Å². The van der Waals surface area contributed by atoms with Gasteiger partial charge in [-0.15, -0.1) is 0 Å². The highest BCUT2D eigenvalue weighted by Crippen LogP contribution is 2.34. The molecule has 27 heavy (non-hydrogen) atoms. The van der Waals surface area contributed by atoms with Crippen molar-refractivity contribution in [2.75, 3.05) is 0 Å². The third-order valence-electron chi connectivity index (χ3n) is 3.94. The molecule has 0 bridgehead atoms. The lowest BCUT2D eigenvalue weighted by Gasteiger charge is -2.21. The number of carbonyl (C=O) groups excluding carboxylic acids is 2. The van der Waals surface area contributed by atoms with Crippen molar-refractivity contribution in [3.05, 3.63) is 69.8 Å². The van der Waals surface area contributed by atoms with Gasteiger partial charge in [0.05, 0.1) is 4.92 Å². The quantitative estimate of drug-likeness (QED) is 0.592. The van der Waals surface area contributed by atoms with Crippen molar-refractivity contribution in [3.8, 4) is 5.75 Å². The van der Waals surface area contributed by atoms with Crippen LogP contribution in [0.3, 0.4) is 0 Å². The van der Waals surface area contributed by atoms with E-state index < -0.39 is 40.9 Å². The van der Waals surface area contributed by atoms with Gasteiger partial charge in [-0.3, -0.25) is 10.1 Å². The number of hydrogen-bond acceptors (Lipinski definition) is 6. The summed E-state index contributed by atoms with van der Waals surface area (Å²) >= 11 is 0. The lowest BCUT2D eigenvalue weighted by molar-refractivity contribution is -0.384. The van der Waals surface area contributed by atoms with E-state index in [-0.39, 0.29) is 17.0 Å². The molecule has 0 aromatic heterocycles. The third-order valence-corrected chi connectivity index (χ3v) is 3.94. The summed E-state index contributed by atoms with van der Waals surface area (Å²) in [6, 6.07) is 6.57. The van der Waals surface area contributed by atoms with E-state index in [1.165, 1.54) is 25.1 Å². The molecule has 1 heterocycles. The molecule has 0 radical (unpaired) electrons. The van der Waals surface area contributed by atoms with Crippen LogP contribution in [0.4, 0.5) is 24.1 Å². The Morgan fingerprint density at radius 2 is 1.85 bits per heavy atom. The average Bonchev–Trinajstić information content (AvgIpc) is 2.92. The first-order valence-electron chi connectivity index (χ1n) is 7.69. The number of non-ortho nitro benzene ring substituents is 1. The molecule has 0 saturated carbocycles. The Morgan fingerprint density at radius 3 is 2.44 bits per heavy atom. The maximum absolute atomic E-state index is 13.5. The zero-order valence-corrected chi connectivity index (χ0v) is 13.8. The third kappa shape index (κ3) is 3.54. The number of ether oxygens (including phenoxy) is 2. The number of nitrogens with zero attached hydrogens (tertiary/aromatic N) is 2. The molecule has 10 heteroatoms. The Bertz CT molecular complexity index is 918. The number of amides is 2. The monoisotopic (exact) mass is 378 g/mol. The molecule has 0 spiro atoms. The van der Waals surface area contributed by atoms with Gasteiger partial charge >= 0.3 is 12.2 Å². The fourth-order valence-corrected chi connectivity index (χ4v) is 2.69. The van der Waals surface area contributed by atoms with Gasteiger partial charge in [0.2, 0.25) is 0 Å². The number of cyclic esters (lactones) is 1. The Morgan fingerprint density at radius 1 is 1.19 bits per heavy atom. The van der Waals surface area contributed by atoms with E-state index in [0.29, 0.717) is 4.90 Å². The van der Waals surface area contributed by atoms with Crippen molar-refractivity contribution >= 4 is 17.9 Å². The molecule has 0 N–H and O–H groups in total. The summed E-state index contributed by atoms with van der Waals surface area (Å²) in [7, 11) is 0. The Hall–Kier alpha value is -3.56. The van der Waals surface area contributed by atoms with Crippen molar-refractivity contribution in [1.29, 1.82) is 0 Å². The second-order valence-corrected chi connectivity index (χ2v) is 5.70. The molecule has 1 fully saturated rings. The zero-order valence-electron chi connectivity index (χ0n) is 13.8. The standard InChI is InChI=1S/C17H12F2N2O6/c1-9-15(10-2-7-13(18)14(19)8-10)20(16(22)26-9)17(23)27-12-5-3-11(4-6-12)21(24)25/h2-9,15H,1H3/t9-,15+/m0/s1. The molecule has 2 aromatic rings. The number of nitro benzene ring substituents is 1. The summed E-state index contributed by atoms with van der Waals surface area (Å²) in [5, 5.41) is 10.6. The van der Waals surface area contributed by atoms with Crippen molar-refractivity contribution < 1.29 is 32.8 Å². The largest absolute Gasteiger partial charge is 0.443 e. The number of halogens is 2. The normalized spacial score (nSPS) is 18.9. The van der Waals surface area contributed by atoms with Crippen molar-refractivity contribution in [1.82, 2.24) is 4.90 Å². The molecule has 0 aliphatic carbocycles. The van der Waals surface area contributed by atoms with E-state index in [1.54, 1.807) is 0 Å². The van der Waals surface area contributed by atoms with Crippen LogP contribution in [0.25, 0.3) is 0 Å². The summed E-state index contributed by atoms with van der Waals surface area (Å²) in [6.45, 7) is 1.49. The number of rotatable bonds is 3. The van der Waals surface area contributed by atoms with Crippen LogP contribution in [0.15, 0.2) is 42.5 Å². The van der Waals surface area contributed by atoms with Crippen LogP contribution in [0.1, 0.15) is 18.5 Å². The van der Waals surface area contributed by atoms with Gasteiger partial charge in [-0.2, -0.15) is 0 Å². The molecule has 2 aromatic carbocycles. The molecule has 1 saturated heterocycles. The fourth-order valence-electron chi connectivity index (χ4n) is 2.69. The van der Waals surface area contributed by atoms with Crippen molar-refractivity contribution in [2.24, 2.45) is 0 Å². The first-order chi connectivity index (χ1) is 12.8. The average molecular weight is 378 g/mol. The van der Waals surface area contributed by atoms with Gasteiger partial charge in [0.15, 0.2) is 11.6 Å². The van der Waals surface area contributed by atoms with Gasteiger partial charge in [-0.25, -0.2) is 23.3 Å². The van der Waals surface area contributed by atoms with Gasteiger partial charge in [0.25, 0.3) is 5.69 Å². The van der Waals surface area contributed by atoms with Crippen LogP contribution in [0.5, 0.6) is 5.75 Å². The summed E-state index contributed by atoms with van der Waals surface area (Å²) in [6.07, 6.45) is -2.95. The second-order valence-electron chi connectivity index (χ2n) is 5.70. The van der Waals surface area contributed by atoms with Crippen LogP contribution in [0, 0.1) is 21.7 Å². The van der Waals surface area contributed by atoms with Crippen LogP contribution in [0.2, 0.25) is 0 Å². The minimum atomic E-state index is -1.14. The van der Waals surface area contributed by atoms with E-state index in [1.807, 2.05) is 0 Å². The fraction of sp³-hybridized carbons (Fsp3) is 0.176. The predicted molar refractivity (Wildman–Crippen MR) is 86.0 cm³/mol. The highest BCUT2D eigenvalue weighted by atomic mass is 19.2. The van der Waals surface area contributed by atoms with E-state index in [4.69, 9.17) is 9.47 Å². The molecule has 1 aliphatic rings. The SMILES string of the molecule is C[C@@H]1OC(=O)N(C(=O)Oc2ccc([N+](=O)[O-])cc2)[C@H]1c1ccc(F)c(F)c1. The number of nitro groups is 1. The maximum Gasteiger partial charge on any atom is 0.425 e. The van der Waals surface area contributed by atoms with Crippen LogP contribution >= 0.6 is 0 Å². The first kappa shape index (κ1) is 18.2. The van der Waals surface area contributed by atoms with Crippen molar-refractivity contribution in [2.45, 2.75) is 19.1 Å². The Kier molecular flexibility index (Phi) is 4.72. The van der Waals surface area contributed by atoms with Crippen molar-refractivity contribution in [3.63, 3.8) is 0 Å². The van der Waals surface area contributed by atoms with E-state index in [0.717, 1.165) is 24.3 Å². The molecule has 0 unspecified atom stereocenters. The molecule has 8 nitrogen and oxygen atoms in total. The number of carbonyl (C=O) groups is 2. The summed E-state index contributed by atoms with van der Waals surface area (Å²) in [4.78, 5) is 35.1. The number of benzene rings is 2. The summed E-state index contributed by atoms with van der Waals surface area (Å²) in [5.41, 5.74) is -0.0587. The number of imide groups is 1. The lowest BCUT2D eigenvalue weighted by Crippen LogP contribution is -2.37. The van der Waals surface area contributed by atoms with Crippen LogP contribution < -0.4 is 4.74 Å². The van der Waals surface area contributed by atoms with Gasteiger partial charge < -0.3 is 9.47 Å². The van der Waals surface area contributed by atoms with Crippen LogP contribution in [-0.2, 0) is 4.74 Å². The van der Waals surface area contributed by atoms with E-state index >= 15 is 0 Å². The Balaban J connectivity index is 1.85. The molecular formula is C17H12F2N2O6. The van der Waals surface area contributed by atoms with Gasteiger partial charge in [0, 0.05) is 12.1 Å². The molecule has 3 rings (SSSR count). The zero-order chi connectivity index (χ0) is 19.7. The van der Waals surface area contributed by atoms with Gasteiger partial charge in [-0.1, -0.05) is 6.07 Å². The first-order valence-corrected chi connectivity index (χ1v) is 7.69. The predicted octanol–water partition coefficient (Wildman–Crippen LogP) is 3.95. The second kappa shape index (κ2) is 6.98. The summed E-state index contributed by atoms with van der Waals surface area (Å²) < 4.78 is 36.8. The summed E-state index contributed by atoms with van der Waals surface area (Å²) in [5.74, 6) is -2.25. The molecular weight excluding hydrogens is 366 g/mol. The molecule has 140 valence electrons. The smallest absolute Gasteiger partial charge is 0.425 e.